The standard InChI is InChI=1S/C27H43IN4O4/c1-7-34-27(35-8-2)12-13-31(26(16-27)10-9-11-26)22-21(28)19(3)32(29-22)20-14-25(15-20)17-30(18-25)23(33)36-24(4,5)6/h20H,7-18H2,1-6H3. The van der Waals surface area contributed by atoms with Crippen molar-refractivity contribution in [3.8, 4) is 0 Å². The summed E-state index contributed by atoms with van der Waals surface area (Å²) in [5, 5.41) is 5.25. The fraction of sp³-hybridized carbons (Fsp3) is 0.852. The van der Waals surface area contributed by atoms with Gasteiger partial charge in [-0.15, -0.1) is 0 Å². The average Bonchev–Trinajstić information content (AvgIpc) is 2.98. The predicted octanol–water partition coefficient (Wildman–Crippen LogP) is 5.66. The van der Waals surface area contributed by atoms with Gasteiger partial charge in [0.1, 0.15) is 5.60 Å². The second-order valence-electron chi connectivity index (χ2n) is 12.5. The molecule has 9 heteroatoms. The second-order valence-corrected chi connectivity index (χ2v) is 13.6. The first-order chi connectivity index (χ1) is 16.9. The van der Waals surface area contributed by atoms with Gasteiger partial charge in [0.2, 0.25) is 0 Å². The lowest BCUT2D eigenvalue weighted by molar-refractivity contribution is -0.258. The van der Waals surface area contributed by atoms with Crippen LogP contribution in [0.15, 0.2) is 0 Å². The van der Waals surface area contributed by atoms with Crippen LogP contribution in [0.3, 0.4) is 0 Å². The number of hydrogen-bond donors (Lipinski definition) is 0. The van der Waals surface area contributed by atoms with E-state index in [0.29, 0.717) is 19.3 Å². The van der Waals surface area contributed by atoms with E-state index in [1.165, 1.54) is 28.5 Å². The fourth-order valence-electron chi connectivity index (χ4n) is 6.98. The van der Waals surface area contributed by atoms with Gasteiger partial charge in [0.15, 0.2) is 11.6 Å². The number of amides is 1. The highest BCUT2D eigenvalue weighted by atomic mass is 127. The van der Waals surface area contributed by atoms with Crippen molar-refractivity contribution in [2.45, 2.75) is 109 Å². The van der Waals surface area contributed by atoms with Crippen LogP contribution < -0.4 is 4.90 Å². The Morgan fingerprint density at radius 3 is 2.28 bits per heavy atom. The molecule has 1 aromatic heterocycles. The van der Waals surface area contributed by atoms with E-state index in [1.54, 1.807) is 0 Å². The molecular formula is C27H43IN4O4. The lowest BCUT2D eigenvalue weighted by Crippen LogP contribution is -2.65. The molecule has 0 atom stereocenters. The summed E-state index contributed by atoms with van der Waals surface area (Å²) in [5.74, 6) is 0.674. The Kier molecular flexibility index (Phi) is 6.85. The summed E-state index contributed by atoms with van der Waals surface area (Å²) in [6.07, 6.45) is 7.34. The topological polar surface area (TPSA) is 69.1 Å². The smallest absolute Gasteiger partial charge is 0.410 e. The van der Waals surface area contributed by atoms with Crippen molar-refractivity contribution in [1.82, 2.24) is 14.7 Å². The molecule has 1 amide bonds. The summed E-state index contributed by atoms with van der Waals surface area (Å²) in [6, 6.07) is 0.404. The molecule has 4 aliphatic rings. The molecule has 5 rings (SSSR count). The van der Waals surface area contributed by atoms with Gasteiger partial charge in [-0.05, 0) is 96.2 Å². The first-order valence-corrected chi connectivity index (χ1v) is 14.8. The number of anilines is 1. The third-order valence-electron chi connectivity index (χ3n) is 8.69. The van der Waals surface area contributed by atoms with Gasteiger partial charge in [-0.2, -0.15) is 5.10 Å². The molecule has 1 aromatic rings. The molecule has 2 saturated carbocycles. The number of likely N-dealkylation sites (tertiary alicyclic amines) is 1. The number of halogens is 1. The van der Waals surface area contributed by atoms with E-state index in [4.69, 9.17) is 19.3 Å². The van der Waals surface area contributed by atoms with Gasteiger partial charge in [0.25, 0.3) is 0 Å². The number of carbonyl (C=O) groups excluding carboxylic acids is 1. The van der Waals surface area contributed by atoms with Crippen molar-refractivity contribution in [3.63, 3.8) is 0 Å². The van der Waals surface area contributed by atoms with Crippen molar-refractivity contribution < 1.29 is 19.0 Å². The molecule has 8 nitrogen and oxygen atoms in total. The summed E-state index contributed by atoms with van der Waals surface area (Å²) in [7, 11) is 0. The summed E-state index contributed by atoms with van der Waals surface area (Å²) in [4.78, 5) is 16.8. The molecule has 2 spiro atoms. The number of piperidine rings is 1. The average molecular weight is 615 g/mol. The third kappa shape index (κ3) is 4.55. The number of hydrogen-bond acceptors (Lipinski definition) is 6. The predicted molar refractivity (Wildman–Crippen MR) is 147 cm³/mol. The van der Waals surface area contributed by atoms with E-state index in [1.807, 2.05) is 25.7 Å². The Labute approximate surface area is 229 Å². The van der Waals surface area contributed by atoms with Gasteiger partial charge in [0.05, 0.1) is 15.3 Å². The molecule has 4 fully saturated rings. The maximum absolute atomic E-state index is 12.4. The number of nitrogens with zero attached hydrogens (tertiary/aromatic N) is 4. The van der Waals surface area contributed by atoms with Crippen molar-refractivity contribution in [3.05, 3.63) is 9.26 Å². The zero-order chi connectivity index (χ0) is 25.9. The molecule has 0 bridgehead atoms. The van der Waals surface area contributed by atoms with E-state index in [2.05, 4.69) is 52.9 Å². The molecule has 2 aliphatic carbocycles. The summed E-state index contributed by atoms with van der Waals surface area (Å²) < 4.78 is 21.6. The van der Waals surface area contributed by atoms with Gasteiger partial charge in [0, 0.05) is 56.6 Å². The first-order valence-electron chi connectivity index (χ1n) is 13.7. The molecule has 0 N–H and O–H groups in total. The molecule has 36 heavy (non-hydrogen) atoms. The zero-order valence-electron chi connectivity index (χ0n) is 22.9. The number of carbonyl (C=O) groups is 1. The lowest BCUT2D eigenvalue weighted by atomic mass is 9.61. The highest BCUT2D eigenvalue weighted by Crippen LogP contribution is 2.56. The van der Waals surface area contributed by atoms with E-state index in [9.17, 15) is 4.79 Å². The molecule has 2 saturated heterocycles. The van der Waals surface area contributed by atoms with Crippen LogP contribution in [0.25, 0.3) is 0 Å². The first kappa shape index (κ1) is 26.5. The van der Waals surface area contributed by atoms with E-state index >= 15 is 0 Å². The van der Waals surface area contributed by atoms with E-state index in [-0.39, 0.29) is 17.0 Å². The number of ether oxygens (including phenoxy) is 3. The normalized spacial score (nSPS) is 24.4. The van der Waals surface area contributed by atoms with Crippen molar-refractivity contribution in [2.24, 2.45) is 5.41 Å². The summed E-state index contributed by atoms with van der Waals surface area (Å²) >= 11 is 2.50. The van der Waals surface area contributed by atoms with Crippen LogP contribution in [-0.4, -0.2) is 70.5 Å². The molecule has 0 radical (unpaired) electrons. The van der Waals surface area contributed by atoms with Crippen molar-refractivity contribution in [2.75, 3.05) is 37.7 Å². The summed E-state index contributed by atoms with van der Waals surface area (Å²) in [5.41, 5.74) is 1.13. The van der Waals surface area contributed by atoms with Crippen LogP contribution >= 0.6 is 22.6 Å². The van der Waals surface area contributed by atoms with Gasteiger partial charge < -0.3 is 24.0 Å². The number of rotatable bonds is 6. The van der Waals surface area contributed by atoms with Gasteiger partial charge in [-0.3, -0.25) is 4.68 Å². The molecular weight excluding hydrogens is 571 g/mol. The number of aromatic nitrogens is 2. The SMILES string of the molecule is CCOC1(OCC)CCN(c2nn(C3CC4(C3)CN(C(=O)OC(C)(C)C)C4)c(C)c2I)C2(CCC2)C1. The largest absolute Gasteiger partial charge is 0.444 e. The highest BCUT2D eigenvalue weighted by Gasteiger charge is 2.57. The Hall–Kier alpha value is -1.07. The van der Waals surface area contributed by atoms with E-state index in [0.717, 1.165) is 51.1 Å². The fourth-order valence-corrected chi connectivity index (χ4v) is 7.63. The van der Waals surface area contributed by atoms with E-state index < -0.39 is 11.4 Å². The molecule has 0 aromatic carbocycles. The highest BCUT2D eigenvalue weighted by molar-refractivity contribution is 14.1. The quantitative estimate of drug-likeness (QED) is 0.305. The minimum Gasteiger partial charge on any atom is -0.444 e. The second kappa shape index (κ2) is 9.29. The van der Waals surface area contributed by atoms with Crippen LogP contribution in [-0.2, 0) is 14.2 Å². The summed E-state index contributed by atoms with van der Waals surface area (Å²) in [6.45, 7) is 16.0. The maximum atomic E-state index is 12.4. The minimum absolute atomic E-state index is 0.0802. The molecule has 2 aliphatic heterocycles. The van der Waals surface area contributed by atoms with Crippen LogP contribution in [0.2, 0.25) is 0 Å². The zero-order valence-corrected chi connectivity index (χ0v) is 25.0. The van der Waals surface area contributed by atoms with Gasteiger partial charge in [-0.25, -0.2) is 4.79 Å². The van der Waals surface area contributed by atoms with Crippen LogP contribution in [0.1, 0.15) is 91.3 Å². The van der Waals surface area contributed by atoms with Gasteiger partial charge in [-0.1, -0.05) is 0 Å². The molecule has 202 valence electrons. The Balaban J connectivity index is 1.27. The van der Waals surface area contributed by atoms with Crippen LogP contribution in [0, 0.1) is 15.9 Å². The minimum atomic E-state index is -0.464. The van der Waals surface area contributed by atoms with Crippen molar-refractivity contribution >= 4 is 34.5 Å². The lowest BCUT2D eigenvalue weighted by Gasteiger charge is -2.59. The molecule has 0 unspecified atom stereocenters. The molecule has 3 heterocycles. The van der Waals surface area contributed by atoms with Crippen LogP contribution in [0.5, 0.6) is 0 Å². The van der Waals surface area contributed by atoms with Crippen LogP contribution in [0.4, 0.5) is 10.6 Å². The maximum Gasteiger partial charge on any atom is 0.410 e. The Bertz CT molecular complexity index is 979. The Morgan fingerprint density at radius 1 is 1.11 bits per heavy atom. The monoisotopic (exact) mass is 614 g/mol. The van der Waals surface area contributed by atoms with Crippen molar-refractivity contribution in [1.29, 1.82) is 0 Å². The third-order valence-corrected chi connectivity index (χ3v) is 9.95. The Morgan fingerprint density at radius 2 is 1.75 bits per heavy atom. The van der Waals surface area contributed by atoms with Gasteiger partial charge >= 0.3 is 6.09 Å².